The van der Waals surface area contributed by atoms with Gasteiger partial charge in [0, 0.05) is 13.1 Å². The number of benzene rings is 1. The standard InChI is InChI=1S/C16H25N3O3S/c1-13(2)12-15(16(20)17-19-10-6-7-11-19)18-23(21,22)14-8-4-3-5-9-14/h3-5,8-9,13,15,18H,6-7,10-12H2,1-2H3,(H,17,20)/t15-/m0/s1. The number of nitrogens with one attached hydrogen (secondary N) is 2. The van der Waals surface area contributed by atoms with Crippen molar-refractivity contribution in [2.24, 2.45) is 5.92 Å². The summed E-state index contributed by atoms with van der Waals surface area (Å²) in [5.74, 6) is -0.0945. The monoisotopic (exact) mass is 339 g/mol. The van der Waals surface area contributed by atoms with Gasteiger partial charge in [0.05, 0.1) is 4.90 Å². The van der Waals surface area contributed by atoms with Gasteiger partial charge in [-0.25, -0.2) is 13.4 Å². The third-order valence-corrected chi connectivity index (χ3v) is 5.24. The molecule has 1 aromatic carbocycles. The van der Waals surface area contributed by atoms with Crippen molar-refractivity contribution in [2.45, 2.75) is 44.0 Å². The van der Waals surface area contributed by atoms with Crippen molar-refractivity contribution in [3.63, 3.8) is 0 Å². The first-order chi connectivity index (χ1) is 10.9. The number of carbonyl (C=O) groups excluding carboxylic acids is 1. The minimum atomic E-state index is -3.71. The highest BCUT2D eigenvalue weighted by atomic mass is 32.2. The molecule has 2 N–H and O–H groups in total. The van der Waals surface area contributed by atoms with Crippen LogP contribution in [0.2, 0.25) is 0 Å². The molecule has 0 saturated carbocycles. The SMILES string of the molecule is CC(C)C[C@H](NS(=O)(=O)c1ccccc1)C(=O)NN1CCCC1. The summed E-state index contributed by atoms with van der Waals surface area (Å²) in [7, 11) is -3.71. The third kappa shape index (κ3) is 5.30. The predicted molar refractivity (Wildman–Crippen MR) is 89.0 cm³/mol. The predicted octanol–water partition coefficient (Wildman–Crippen LogP) is 1.51. The number of rotatable bonds is 7. The lowest BCUT2D eigenvalue weighted by molar-refractivity contribution is -0.127. The lowest BCUT2D eigenvalue weighted by Gasteiger charge is -2.23. The van der Waals surface area contributed by atoms with Crippen molar-refractivity contribution in [3.8, 4) is 0 Å². The zero-order valence-electron chi connectivity index (χ0n) is 13.7. The molecule has 1 aromatic rings. The molecule has 1 amide bonds. The maximum absolute atomic E-state index is 12.5. The highest BCUT2D eigenvalue weighted by Gasteiger charge is 2.28. The van der Waals surface area contributed by atoms with Crippen LogP contribution in [-0.2, 0) is 14.8 Å². The fourth-order valence-electron chi connectivity index (χ4n) is 2.60. The average molecular weight is 339 g/mol. The van der Waals surface area contributed by atoms with Crippen LogP contribution >= 0.6 is 0 Å². The van der Waals surface area contributed by atoms with Crippen LogP contribution in [0, 0.1) is 5.92 Å². The molecule has 1 heterocycles. The zero-order valence-corrected chi connectivity index (χ0v) is 14.5. The van der Waals surface area contributed by atoms with Gasteiger partial charge in [0.2, 0.25) is 10.0 Å². The van der Waals surface area contributed by atoms with Crippen molar-refractivity contribution in [1.82, 2.24) is 15.2 Å². The van der Waals surface area contributed by atoms with Crippen LogP contribution < -0.4 is 10.1 Å². The normalized spacial score (nSPS) is 17.3. The number of hydrogen-bond acceptors (Lipinski definition) is 4. The van der Waals surface area contributed by atoms with E-state index < -0.39 is 16.1 Å². The summed E-state index contributed by atoms with van der Waals surface area (Å²) in [5, 5.41) is 1.85. The summed E-state index contributed by atoms with van der Waals surface area (Å²) in [5.41, 5.74) is 2.83. The number of hydrogen-bond donors (Lipinski definition) is 2. The fourth-order valence-corrected chi connectivity index (χ4v) is 3.83. The number of hydrazine groups is 1. The molecular formula is C16H25N3O3S. The van der Waals surface area contributed by atoms with Gasteiger partial charge in [0.25, 0.3) is 5.91 Å². The second kappa shape index (κ2) is 7.90. The molecule has 0 radical (unpaired) electrons. The van der Waals surface area contributed by atoms with E-state index in [1.807, 2.05) is 18.9 Å². The molecule has 0 unspecified atom stereocenters. The summed E-state index contributed by atoms with van der Waals surface area (Å²) in [6.45, 7) is 5.55. The first-order valence-electron chi connectivity index (χ1n) is 8.01. The van der Waals surface area contributed by atoms with Crippen LogP contribution in [-0.4, -0.2) is 38.5 Å². The Hall–Kier alpha value is -1.44. The Morgan fingerprint density at radius 2 is 1.78 bits per heavy atom. The highest BCUT2D eigenvalue weighted by molar-refractivity contribution is 7.89. The lowest BCUT2D eigenvalue weighted by atomic mass is 10.0. The molecule has 23 heavy (non-hydrogen) atoms. The zero-order chi connectivity index (χ0) is 16.9. The van der Waals surface area contributed by atoms with Gasteiger partial charge >= 0.3 is 0 Å². The molecule has 128 valence electrons. The first-order valence-corrected chi connectivity index (χ1v) is 9.49. The summed E-state index contributed by atoms with van der Waals surface area (Å²) in [6.07, 6.45) is 2.54. The van der Waals surface area contributed by atoms with Gasteiger partial charge in [-0.2, -0.15) is 4.72 Å². The summed E-state index contributed by atoms with van der Waals surface area (Å²) in [6, 6.07) is 7.35. The van der Waals surface area contributed by atoms with E-state index in [1.54, 1.807) is 18.2 Å². The smallest absolute Gasteiger partial charge is 0.252 e. The van der Waals surface area contributed by atoms with Crippen molar-refractivity contribution < 1.29 is 13.2 Å². The molecule has 6 nitrogen and oxygen atoms in total. The Morgan fingerprint density at radius 3 is 2.35 bits per heavy atom. The second-order valence-corrected chi connectivity index (χ2v) is 8.00. The number of carbonyl (C=O) groups is 1. The molecule has 2 rings (SSSR count). The van der Waals surface area contributed by atoms with Crippen molar-refractivity contribution in [2.75, 3.05) is 13.1 Å². The van der Waals surface area contributed by atoms with Gasteiger partial charge in [0.1, 0.15) is 6.04 Å². The van der Waals surface area contributed by atoms with Crippen LogP contribution in [0.4, 0.5) is 0 Å². The Bertz CT molecular complexity index is 611. The number of sulfonamides is 1. The van der Waals surface area contributed by atoms with Crippen molar-refractivity contribution in [3.05, 3.63) is 30.3 Å². The van der Waals surface area contributed by atoms with E-state index in [1.165, 1.54) is 12.1 Å². The van der Waals surface area contributed by atoms with E-state index in [0.717, 1.165) is 25.9 Å². The fraction of sp³-hybridized carbons (Fsp3) is 0.562. The Morgan fingerprint density at radius 1 is 1.17 bits per heavy atom. The minimum Gasteiger partial charge on any atom is -0.288 e. The van der Waals surface area contributed by atoms with Gasteiger partial charge in [-0.3, -0.25) is 10.2 Å². The molecule has 7 heteroatoms. The van der Waals surface area contributed by atoms with E-state index in [2.05, 4.69) is 10.1 Å². The summed E-state index contributed by atoms with van der Waals surface area (Å²) in [4.78, 5) is 12.6. The van der Waals surface area contributed by atoms with Crippen molar-refractivity contribution in [1.29, 1.82) is 0 Å². The quantitative estimate of drug-likeness (QED) is 0.789. The summed E-state index contributed by atoms with van der Waals surface area (Å²) < 4.78 is 27.5. The van der Waals surface area contributed by atoms with E-state index in [9.17, 15) is 13.2 Å². The van der Waals surface area contributed by atoms with Gasteiger partial charge in [0.15, 0.2) is 0 Å². The van der Waals surface area contributed by atoms with Gasteiger partial charge in [-0.15, -0.1) is 0 Å². The molecule has 1 saturated heterocycles. The number of amides is 1. The van der Waals surface area contributed by atoms with Gasteiger partial charge in [-0.05, 0) is 37.3 Å². The minimum absolute atomic E-state index is 0.169. The molecule has 1 atom stereocenters. The molecule has 1 aliphatic heterocycles. The largest absolute Gasteiger partial charge is 0.288 e. The van der Waals surface area contributed by atoms with Crippen LogP contribution in [0.3, 0.4) is 0 Å². The molecule has 0 bridgehead atoms. The molecule has 1 aliphatic rings. The van der Waals surface area contributed by atoms with Crippen LogP contribution in [0.25, 0.3) is 0 Å². The van der Waals surface area contributed by atoms with Gasteiger partial charge in [-0.1, -0.05) is 32.0 Å². The summed E-state index contributed by atoms with van der Waals surface area (Å²) >= 11 is 0. The maximum atomic E-state index is 12.5. The van der Waals surface area contributed by atoms with E-state index in [4.69, 9.17) is 0 Å². The molecular weight excluding hydrogens is 314 g/mol. The third-order valence-electron chi connectivity index (χ3n) is 3.75. The lowest BCUT2D eigenvalue weighted by Crippen LogP contribution is -2.52. The highest BCUT2D eigenvalue weighted by Crippen LogP contribution is 2.13. The Labute approximate surface area is 138 Å². The second-order valence-electron chi connectivity index (χ2n) is 6.29. The topological polar surface area (TPSA) is 78.5 Å². The van der Waals surface area contributed by atoms with Crippen LogP contribution in [0.15, 0.2) is 35.2 Å². The first kappa shape index (κ1) is 17.9. The molecule has 0 spiro atoms. The van der Waals surface area contributed by atoms with Gasteiger partial charge < -0.3 is 0 Å². The van der Waals surface area contributed by atoms with Crippen LogP contribution in [0.1, 0.15) is 33.1 Å². The number of nitrogens with zero attached hydrogens (tertiary/aromatic N) is 1. The van der Waals surface area contributed by atoms with E-state index >= 15 is 0 Å². The van der Waals surface area contributed by atoms with Crippen molar-refractivity contribution >= 4 is 15.9 Å². The van der Waals surface area contributed by atoms with E-state index in [0.29, 0.717) is 6.42 Å². The molecule has 1 fully saturated rings. The Balaban J connectivity index is 2.09. The molecule has 0 aromatic heterocycles. The molecule has 0 aliphatic carbocycles. The average Bonchev–Trinajstić information content (AvgIpc) is 2.99. The maximum Gasteiger partial charge on any atom is 0.252 e. The van der Waals surface area contributed by atoms with Crippen LogP contribution in [0.5, 0.6) is 0 Å². The van der Waals surface area contributed by atoms with E-state index in [-0.39, 0.29) is 16.7 Å². The Kier molecular flexibility index (Phi) is 6.15.